The number of nitrogens with zero attached hydrogens (tertiary/aromatic N) is 1. The molecule has 1 heterocycles. The molecule has 0 atom stereocenters. The highest BCUT2D eigenvalue weighted by atomic mass is 32.1. The first-order valence-corrected chi connectivity index (χ1v) is 5.94. The number of carbonyl (C=O) groups is 1. The van der Waals surface area contributed by atoms with E-state index >= 15 is 0 Å². The Balaban J connectivity index is 2.63. The summed E-state index contributed by atoms with van der Waals surface area (Å²) < 4.78 is 0. The van der Waals surface area contributed by atoms with Crippen molar-refractivity contribution in [2.45, 2.75) is 13.5 Å². The lowest BCUT2D eigenvalue weighted by molar-refractivity contribution is 0.0692. The Bertz CT molecular complexity index is 563. The summed E-state index contributed by atoms with van der Waals surface area (Å²) in [5, 5.41) is 9.86. The second kappa shape index (κ2) is 4.65. The SMILES string of the molecule is Cc1nc(C(=O)O)c(-c2ccccc2CN)s1. The van der Waals surface area contributed by atoms with Crippen molar-refractivity contribution in [2.75, 3.05) is 0 Å². The van der Waals surface area contributed by atoms with Crippen LogP contribution < -0.4 is 5.73 Å². The van der Waals surface area contributed by atoms with Gasteiger partial charge >= 0.3 is 5.97 Å². The number of thiazole rings is 1. The molecule has 0 fully saturated rings. The predicted molar refractivity (Wildman–Crippen MR) is 67.1 cm³/mol. The smallest absolute Gasteiger partial charge is 0.356 e. The van der Waals surface area contributed by atoms with Gasteiger partial charge in [-0.15, -0.1) is 11.3 Å². The molecular formula is C12H12N2O2S. The van der Waals surface area contributed by atoms with Gasteiger partial charge in [0, 0.05) is 6.54 Å². The van der Waals surface area contributed by atoms with E-state index in [0.29, 0.717) is 11.4 Å². The molecule has 17 heavy (non-hydrogen) atoms. The van der Waals surface area contributed by atoms with E-state index in [1.807, 2.05) is 24.3 Å². The summed E-state index contributed by atoms with van der Waals surface area (Å²) in [6, 6.07) is 7.53. The molecule has 2 aromatic rings. The van der Waals surface area contributed by atoms with Gasteiger partial charge in [0.1, 0.15) is 0 Å². The van der Waals surface area contributed by atoms with Gasteiger partial charge < -0.3 is 10.8 Å². The number of hydrogen-bond acceptors (Lipinski definition) is 4. The van der Waals surface area contributed by atoms with Crippen molar-refractivity contribution in [3.63, 3.8) is 0 Å². The lowest BCUT2D eigenvalue weighted by atomic mass is 10.1. The van der Waals surface area contributed by atoms with Gasteiger partial charge in [0.2, 0.25) is 0 Å². The van der Waals surface area contributed by atoms with Gasteiger partial charge in [0.15, 0.2) is 5.69 Å². The zero-order valence-electron chi connectivity index (χ0n) is 9.30. The number of benzene rings is 1. The van der Waals surface area contributed by atoms with Crippen LogP contribution in [-0.4, -0.2) is 16.1 Å². The van der Waals surface area contributed by atoms with Crippen LogP contribution in [0.2, 0.25) is 0 Å². The number of rotatable bonds is 3. The second-order valence-electron chi connectivity index (χ2n) is 3.58. The molecule has 0 bridgehead atoms. The van der Waals surface area contributed by atoms with Gasteiger partial charge in [0.25, 0.3) is 0 Å². The first-order chi connectivity index (χ1) is 8.13. The third-order valence-corrected chi connectivity index (χ3v) is 3.42. The largest absolute Gasteiger partial charge is 0.476 e. The Morgan fingerprint density at radius 2 is 2.18 bits per heavy atom. The van der Waals surface area contributed by atoms with E-state index in [2.05, 4.69) is 4.98 Å². The Labute approximate surface area is 103 Å². The molecule has 3 N–H and O–H groups in total. The van der Waals surface area contributed by atoms with Gasteiger partial charge in [-0.2, -0.15) is 0 Å². The maximum absolute atomic E-state index is 11.1. The van der Waals surface area contributed by atoms with Crippen LogP contribution in [0.5, 0.6) is 0 Å². The van der Waals surface area contributed by atoms with Crippen LogP contribution in [0.15, 0.2) is 24.3 Å². The third-order valence-electron chi connectivity index (χ3n) is 2.42. The van der Waals surface area contributed by atoms with Crippen molar-refractivity contribution < 1.29 is 9.90 Å². The molecule has 0 radical (unpaired) electrons. The lowest BCUT2D eigenvalue weighted by Gasteiger charge is -2.05. The molecular weight excluding hydrogens is 236 g/mol. The minimum absolute atomic E-state index is 0.105. The van der Waals surface area contributed by atoms with Crippen LogP contribution >= 0.6 is 11.3 Å². The Morgan fingerprint density at radius 1 is 1.47 bits per heavy atom. The molecule has 5 heteroatoms. The summed E-state index contributed by atoms with van der Waals surface area (Å²) in [7, 11) is 0. The van der Waals surface area contributed by atoms with Crippen LogP contribution in [0.1, 0.15) is 21.1 Å². The monoisotopic (exact) mass is 248 g/mol. The normalized spacial score (nSPS) is 10.5. The Morgan fingerprint density at radius 3 is 2.82 bits per heavy atom. The predicted octanol–water partition coefficient (Wildman–Crippen LogP) is 2.28. The van der Waals surface area contributed by atoms with Gasteiger partial charge in [-0.3, -0.25) is 0 Å². The second-order valence-corrected chi connectivity index (χ2v) is 4.78. The van der Waals surface area contributed by atoms with E-state index < -0.39 is 5.97 Å². The molecule has 1 aromatic carbocycles. The molecule has 0 aliphatic carbocycles. The summed E-state index contributed by atoms with van der Waals surface area (Å²) in [5.41, 5.74) is 7.55. The van der Waals surface area contributed by atoms with E-state index in [1.165, 1.54) is 11.3 Å². The summed E-state index contributed by atoms with van der Waals surface area (Å²) in [5.74, 6) is -1.00. The summed E-state index contributed by atoms with van der Waals surface area (Å²) in [6.07, 6.45) is 0. The molecule has 0 aliphatic rings. The molecule has 0 unspecified atom stereocenters. The van der Waals surface area contributed by atoms with E-state index in [0.717, 1.165) is 16.1 Å². The Kier molecular flexibility index (Phi) is 3.21. The molecule has 0 amide bonds. The summed E-state index contributed by atoms with van der Waals surface area (Å²) in [6.45, 7) is 2.18. The van der Waals surface area contributed by atoms with Crippen LogP contribution in [0, 0.1) is 6.92 Å². The van der Waals surface area contributed by atoms with E-state index in [1.54, 1.807) is 6.92 Å². The molecule has 0 spiro atoms. The third kappa shape index (κ3) is 2.20. The van der Waals surface area contributed by atoms with E-state index in [-0.39, 0.29) is 5.69 Å². The average Bonchev–Trinajstić information content (AvgIpc) is 2.71. The molecule has 0 aliphatic heterocycles. The van der Waals surface area contributed by atoms with Gasteiger partial charge in [0.05, 0.1) is 9.88 Å². The van der Waals surface area contributed by atoms with Crippen LogP contribution in [-0.2, 0) is 6.54 Å². The van der Waals surface area contributed by atoms with Crippen LogP contribution in [0.3, 0.4) is 0 Å². The van der Waals surface area contributed by atoms with Crippen molar-refractivity contribution in [1.29, 1.82) is 0 Å². The zero-order chi connectivity index (χ0) is 12.4. The van der Waals surface area contributed by atoms with Crippen molar-refractivity contribution in [3.05, 3.63) is 40.5 Å². The van der Waals surface area contributed by atoms with Crippen LogP contribution in [0.25, 0.3) is 10.4 Å². The number of carboxylic acids is 1. The van der Waals surface area contributed by atoms with E-state index in [4.69, 9.17) is 10.8 Å². The first kappa shape index (κ1) is 11.8. The zero-order valence-corrected chi connectivity index (χ0v) is 10.1. The number of aromatic carboxylic acids is 1. The highest BCUT2D eigenvalue weighted by Gasteiger charge is 2.18. The van der Waals surface area contributed by atoms with Gasteiger partial charge in [-0.05, 0) is 18.1 Å². The molecule has 0 saturated heterocycles. The molecule has 2 rings (SSSR count). The van der Waals surface area contributed by atoms with E-state index in [9.17, 15) is 4.79 Å². The number of carboxylic acid groups (broad SMARTS) is 1. The van der Waals surface area contributed by atoms with Crippen LogP contribution in [0.4, 0.5) is 0 Å². The van der Waals surface area contributed by atoms with Gasteiger partial charge in [-0.1, -0.05) is 24.3 Å². The maximum Gasteiger partial charge on any atom is 0.356 e. The van der Waals surface area contributed by atoms with Crippen molar-refractivity contribution in [3.8, 4) is 10.4 Å². The highest BCUT2D eigenvalue weighted by Crippen LogP contribution is 2.32. The topological polar surface area (TPSA) is 76.2 Å². The standard InChI is InChI=1S/C12H12N2O2S/c1-7-14-10(12(15)16)11(17-7)9-5-3-2-4-8(9)6-13/h2-5H,6,13H2,1H3,(H,15,16). The summed E-state index contributed by atoms with van der Waals surface area (Å²) in [4.78, 5) is 15.8. The minimum atomic E-state index is -1.00. The highest BCUT2D eigenvalue weighted by molar-refractivity contribution is 7.15. The van der Waals surface area contributed by atoms with Crippen molar-refractivity contribution in [2.24, 2.45) is 5.73 Å². The molecule has 1 aromatic heterocycles. The minimum Gasteiger partial charge on any atom is -0.476 e. The molecule has 0 saturated carbocycles. The van der Waals surface area contributed by atoms with Crippen molar-refractivity contribution in [1.82, 2.24) is 4.98 Å². The number of aryl methyl sites for hydroxylation is 1. The number of nitrogens with two attached hydrogens (primary N) is 1. The molecule has 4 nitrogen and oxygen atoms in total. The molecule has 88 valence electrons. The lowest BCUT2D eigenvalue weighted by Crippen LogP contribution is -2.02. The van der Waals surface area contributed by atoms with Crippen molar-refractivity contribution >= 4 is 17.3 Å². The quantitative estimate of drug-likeness (QED) is 0.873. The maximum atomic E-state index is 11.1. The fraction of sp³-hybridized carbons (Fsp3) is 0.167. The average molecular weight is 248 g/mol. The number of aromatic nitrogens is 1. The fourth-order valence-corrected chi connectivity index (χ4v) is 2.65. The van der Waals surface area contributed by atoms with Gasteiger partial charge in [-0.25, -0.2) is 9.78 Å². The first-order valence-electron chi connectivity index (χ1n) is 5.12. The summed E-state index contributed by atoms with van der Waals surface area (Å²) >= 11 is 1.38. The Hall–Kier alpha value is -1.72. The number of hydrogen-bond donors (Lipinski definition) is 2. The fourth-order valence-electron chi connectivity index (χ4n) is 1.67.